The highest BCUT2D eigenvalue weighted by atomic mass is 35.5. The third kappa shape index (κ3) is 9.81. The first-order valence-corrected chi connectivity index (χ1v) is 19.1. The summed E-state index contributed by atoms with van der Waals surface area (Å²) in [5.41, 5.74) is 2.39. The molecule has 0 atom stereocenters. The first-order chi connectivity index (χ1) is 25.4. The van der Waals surface area contributed by atoms with Gasteiger partial charge in [-0.25, -0.2) is 22.6 Å². The van der Waals surface area contributed by atoms with Crippen LogP contribution in [-0.2, 0) is 27.5 Å². The summed E-state index contributed by atoms with van der Waals surface area (Å²) in [7, 11) is -4.41. The fourth-order valence-corrected chi connectivity index (χ4v) is 7.64. The number of amides is 1. The lowest BCUT2D eigenvalue weighted by Gasteiger charge is -2.22. The molecule has 6 rings (SSSR count). The van der Waals surface area contributed by atoms with Gasteiger partial charge in [0, 0.05) is 29.8 Å². The fourth-order valence-electron chi connectivity index (χ4n) is 5.73. The minimum atomic E-state index is -4.57. The van der Waals surface area contributed by atoms with Crippen molar-refractivity contribution in [2.24, 2.45) is 5.92 Å². The summed E-state index contributed by atoms with van der Waals surface area (Å²) in [5, 5.41) is 7.26. The van der Waals surface area contributed by atoms with E-state index >= 15 is 4.39 Å². The van der Waals surface area contributed by atoms with Crippen LogP contribution >= 0.6 is 22.9 Å². The molecule has 53 heavy (non-hydrogen) atoms. The SMILES string of the molecule is O=C(NCCC1CCNCC1)OCc1cc(-c2cc(-c3cccc(C(F)(F)F)c3)ccc2Oc2cc(F)c(S(=O)(=O)Nc3cscn3)cc2Cl)ccn1. The molecule has 278 valence electrons. The van der Waals surface area contributed by atoms with Crippen molar-refractivity contribution in [3.05, 3.63) is 106 Å². The molecule has 5 aromatic rings. The topological polar surface area (TPSA) is 132 Å². The fraction of sp³-hybridized carbons (Fsp3) is 0.250. The normalized spacial score (nSPS) is 13.8. The Bertz CT molecular complexity index is 2180. The number of sulfonamides is 1. The van der Waals surface area contributed by atoms with Crippen molar-refractivity contribution in [2.45, 2.75) is 36.9 Å². The maximum absolute atomic E-state index is 15.4. The molecule has 0 spiro atoms. The number of nitrogens with one attached hydrogen (secondary N) is 3. The van der Waals surface area contributed by atoms with Gasteiger partial charge in [0.15, 0.2) is 5.82 Å². The summed E-state index contributed by atoms with van der Waals surface area (Å²) in [6, 6.07) is 14.3. The summed E-state index contributed by atoms with van der Waals surface area (Å²) in [6.07, 6.45) is -0.776. The lowest BCUT2D eigenvalue weighted by molar-refractivity contribution is -0.137. The largest absolute Gasteiger partial charge is 0.455 e. The molecule has 1 amide bonds. The quantitative estimate of drug-likeness (QED) is 0.107. The number of alkyl carbamates (subject to hydrolysis) is 1. The molecule has 0 radical (unpaired) electrons. The van der Waals surface area contributed by atoms with Crippen molar-refractivity contribution in [1.82, 2.24) is 20.6 Å². The molecule has 0 unspecified atom stereocenters. The van der Waals surface area contributed by atoms with E-state index in [2.05, 4.69) is 25.3 Å². The summed E-state index contributed by atoms with van der Waals surface area (Å²) < 4.78 is 95.5. The van der Waals surface area contributed by atoms with Gasteiger partial charge in [-0.05, 0) is 97.4 Å². The lowest BCUT2D eigenvalue weighted by Crippen LogP contribution is -2.31. The standard InChI is InChI=1S/C36H32ClF4N5O5S2/c37-29-17-33(53(48,49)46-34-20-52-21-45-34)30(38)18-32(29)51-31-5-4-24(23-2-1-3-26(14-23)36(39,40)41)16-28(31)25-9-13-43-27(15-25)19-50-35(47)44-12-8-22-6-10-42-11-7-22/h1-5,9,13-18,20-22,42,46H,6-8,10-12,19H2,(H,44,47). The van der Waals surface area contributed by atoms with E-state index < -0.39 is 38.6 Å². The van der Waals surface area contributed by atoms with E-state index in [1.807, 2.05) is 0 Å². The Morgan fingerprint density at radius 2 is 1.77 bits per heavy atom. The van der Waals surface area contributed by atoms with Gasteiger partial charge in [-0.2, -0.15) is 13.2 Å². The zero-order chi connectivity index (χ0) is 37.6. The van der Waals surface area contributed by atoms with Crippen molar-refractivity contribution >= 4 is 44.9 Å². The second-order valence-electron chi connectivity index (χ2n) is 12.1. The van der Waals surface area contributed by atoms with Crippen LogP contribution in [0.25, 0.3) is 22.3 Å². The number of nitrogens with zero attached hydrogens (tertiary/aromatic N) is 2. The number of benzene rings is 3. The van der Waals surface area contributed by atoms with Crippen LogP contribution in [0.1, 0.15) is 30.5 Å². The first kappa shape index (κ1) is 38.0. The summed E-state index contributed by atoms with van der Waals surface area (Å²) >= 11 is 7.57. The van der Waals surface area contributed by atoms with E-state index in [0.29, 0.717) is 34.8 Å². The van der Waals surface area contributed by atoms with E-state index in [4.69, 9.17) is 21.1 Å². The molecule has 1 saturated heterocycles. The Hall–Kier alpha value is -4.77. The Morgan fingerprint density at radius 1 is 0.981 bits per heavy atom. The average molecular weight is 790 g/mol. The number of rotatable bonds is 12. The third-order valence-electron chi connectivity index (χ3n) is 8.43. The summed E-state index contributed by atoms with van der Waals surface area (Å²) in [6.45, 7) is 2.20. The Kier molecular flexibility index (Phi) is 11.8. The Labute approximate surface area is 311 Å². The zero-order valence-electron chi connectivity index (χ0n) is 27.8. The minimum Gasteiger partial charge on any atom is -0.455 e. The van der Waals surface area contributed by atoms with Crippen molar-refractivity contribution in [1.29, 1.82) is 0 Å². The zero-order valence-corrected chi connectivity index (χ0v) is 30.1. The van der Waals surface area contributed by atoms with Gasteiger partial charge < -0.3 is 20.1 Å². The van der Waals surface area contributed by atoms with Crippen molar-refractivity contribution in [2.75, 3.05) is 24.4 Å². The number of hydrogen-bond donors (Lipinski definition) is 3. The van der Waals surface area contributed by atoms with Crippen molar-refractivity contribution < 1.29 is 40.2 Å². The molecule has 0 bridgehead atoms. The van der Waals surface area contributed by atoms with Crippen molar-refractivity contribution in [3.63, 3.8) is 0 Å². The van der Waals surface area contributed by atoms with Gasteiger partial charge in [0.05, 0.1) is 21.8 Å². The molecular formula is C36H32ClF4N5O5S2. The molecule has 2 aromatic heterocycles. The number of hydrogen-bond acceptors (Lipinski definition) is 9. The Balaban J connectivity index is 1.27. The predicted octanol–water partition coefficient (Wildman–Crippen LogP) is 8.89. The van der Waals surface area contributed by atoms with Gasteiger partial charge in [-0.3, -0.25) is 9.71 Å². The highest BCUT2D eigenvalue weighted by molar-refractivity contribution is 7.92. The average Bonchev–Trinajstić information content (AvgIpc) is 3.65. The minimum absolute atomic E-state index is 0.00622. The number of carbonyl (C=O) groups excluding carboxylic acids is 1. The maximum Gasteiger partial charge on any atom is 0.416 e. The van der Waals surface area contributed by atoms with Gasteiger partial charge in [0.25, 0.3) is 10.0 Å². The second-order valence-corrected chi connectivity index (χ2v) is 14.9. The van der Waals surface area contributed by atoms with Crippen LogP contribution in [0.4, 0.5) is 28.2 Å². The van der Waals surface area contributed by atoms with Crippen LogP contribution in [0, 0.1) is 11.7 Å². The van der Waals surface area contributed by atoms with Crippen LogP contribution in [0.2, 0.25) is 5.02 Å². The maximum atomic E-state index is 15.4. The number of aromatic nitrogens is 2. The second kappa shape index (κ2) is 16.5. The van der Waals surface area contributed by atoms with E-state index in [-0.39, 0.29) is 34.5 Å². The third-order valence-corrected chi connectivity index (χ3v) is 10.7. The highest BCUT2D eigenvalue weighted by Gasteiger charge is 2.30. The van der Waals surface area contributed by atoms with Gasteiger partial charge in [-0.15, -0.1) is 11.3 Å². The molecular weight excluding hydrogens is 758 g/mol. The molecule has 17 heteroatoms. The number of piperidine rings is 1. The Morgan fingerprint density at radius 3 is 2.53 bits per heavy atom. The van der Waals surface area contributed by atoms with E-state index in [9.17, 15) is 26.4 Å². The number of carbonyl (C=O) groups is 1. The lowest BCUT2D eigenvalue weighted by atomic mass is 9.95. The van der Waals surface area contributed by atoms with E-state index in [1.165, 1.54) is 41.4 Å². The molecule has 3 N–H and O–H groups in total. The van der Waals surface area contributed by atoms with Gasteiger partial charge in [-0.1, -0.05) is 29.8 Å². The molecule has 0 aliphatic carbocycles. The van der Waals surface area contributed by atoms with Crippen LogP contribution < -0.4 is 20.1 Å². The summed E-state index contributed by atoms with van der Waals surface area (Å²) in [4.78, 5) is 19.8. The van der Waals surface area contributed by atoms with Crippen LogP contribution in [0.15, 0.2) is 88.7 Å². The molecule has 3 heterocycles. The molecule has 1 fully saturated rings. The van der Waals surface area contributed by atoms with E-state index in [0.717, 1.165) is 68.0 Å². The number of alkyl halides is 3. The molecule has 10 nitrogen and oxygen atoms in total. The molecule has 1 aliphatic heterocycles. The van der Waals surface area contributed by atoms with Gasteiger partial charge in [0.1, 0.15) is 28.8 Å². The van der Waals surface area contributed by atoms with Crippen LogP contribution in [0.5, 0.6) is 11.5 Å². The smallest absolute Gasteiger partial charge is 0.416 e. The van der Waals surface area contributed by atoms with Gasteiger partial charge >= 0.3 is 12.3 Å². The number of thiazole rings is 1. The number of ether oxygens (including phenoxy) is 2. The van der Waals surface area contributed by atoms with Gasteiger partial charge in [0.2, 0.25) is 0 Å². The molecule has 3 aromatic carbocycles. The molecule has 1 aliphatic rings. The predicted molar refractivity (Wildman–Crippen MR) is 193 cm³/mol. The summed E-state index contributed by atoms with van der Waals surface area (Å²) in [5.74, 6) is -0.754. The number of halogens is 5. The number of pyridine rings is 1. The van der Waals surface area contributed by atoms with Crippen molar-refractivity contribution in [3.8, 4) is 33.8 Å². The number of anilines is 1. The monoisotopic (exact) mass is 789 g/mol. The first-order valence-electron chi connectivity index (χ1n) is 16.3. The van der Waals surface area contributed by atoms with Crippen LogP contribution in [0.3, 0.4) is 0 Å². The van der Waals surface area contributed by atoms with E-state index in [1.54, 1.807) is 18.2 Å². The van der Waals surface area contributed by atoms with Crippen LogP contribution in [-0.4, -0.2) is 44.1 Å². The molecule has 0 saturated carbocycles. The highest BCUT2D eigenvalue weighted by Crippen LogP contribution is 2.41.